The lowest BCUT2D eigenvalue weighted by Gasteiger charge is -2.27. The van der Waals surface area contributed by atoms with Crippen LogP contribution in [0.15, 0.2) is 24.3 Å². The minimum absolute atomic E-state index is 0.126. The molecule has 0 saturated carbocycles. The second-order valence-electron chi connectivity index (χ2n) is 4.11. The van der Waals surface area contributed by atoms with Gasteiger partial charge >= 0.3 is 6.18 Å². The lowest BCUT2D eigenvalue weighted by atomic mass is 9.92. The third kappa shape index (κ3) is 2.76. The highest BCUT2D eigenvalue weighted by Crippen LogP contribution is 2.30. The number of rotatable bonds is 2. The molecule has 0 spiro atoms. The van der Waals surface area contributed by atoms with E-state index in [4.69, 9.17) is 0 Å². The van der Waals surface area contributed by atoms with Gasteiger partial charge in [0.15, 0.2) is 0 Å². The van der Waals surface area contributed by atoms with Gasteiger partial charge in [-0.25, -0.2) is 0 Å². The Morgan fingerprint density at radius 2 is 2.00 bits per heavy atom. The predicted octanol–water partition coefficient (Wildman–Crippen LogP) is 3.22. The molecule has 1 aliphatic heterocycles. The second-order valence-corrected chi connectivity index (χ2v) is 4.11. The van der Waals surface area contributed by atoms with Crippen molar-refractivity contribution in [2.75, 3.05) is 6.54 Å². The molecule has 88 valence electrons. The molecular weight excluding hydrogens is 215 g/mol. The van der Waals surface area contributed by atoms with Crippen LogP contribution in [-0.4, -0.2) is 12.7 Å². The summed E-state index contributed by atoms with van der Waals surface area (Å²) in [6.45, 7) is 0.763. The zero-order valence-corrected chi connectivity index (χ0v) is 8.85. The number of halogens is 3. The van der Waals surface area contributed by atoms with Gasteiger partial charge in [-0.3, -0.25) is 0 Å². The third-order valence-corrected chi connectivity index (χ3v) is 2.93. The van der Waals surface area contributed by atoms with Crippen LogP contribution in [0, 0.1) is 0 Å². The maximum absolute atomic E-state index is 12.2. The summed E-state index contributed by atoms with van der Waals surface area (Å²) in [7, 11) is 0. The highest BCUT2D eigenvalue weighted by Gasteiger charge is 2.29. The maximum atomic E-state index is 12.2. The van der Waals surface area contributed by atoms with E-state index in [0.29, 0.717) is 0 Å². The van der Waals surface area contributed by atoms with Crippen LogP contribution in [0.25, 0.3) is 0 Å². The maximum Gasteiger partial charge on any atom is 0.389 e. The van der Waals surface area contributed by atoms with Gasteiger partial charge in [0.1, 0.15) is 0 Å². The largest absolute Gasteiger partial charge is 0.389 e. The predicted molar refractivity (Wildman–Crippen MR) is 56.2 cm³/mol. The van der Waals surface area contributed by atoms with E-state index in [1.807, 2.05) is 24.3 Å². The minimum atomic E-state index is -4.06. The van der Waals surface area contributed by atoms with Crippen molar-refractivity contribution in [2.24, 2.45) is 0 Å². The zero-order valence-electron chi connectivity index (χ0n) is 8.85. The summed E-state index contributed by atoms with van der Waals surface area (Å²) in [5.74, 6) is 0. The minimum Gasteiger partial charge on any atom is -0.310 e. The molecule has 0 bridgehead atoms. The molecule has 0 aromatic heterocycles. The average molecular weight is 229 g/mol. The van der Waals surface area contributed by atoms with E-state index in [1.165, 1.54) is 5.56 Å². The van der Waals surface area contributed by atoms with E-state index >= 15 is 0 Å². The van der Waals surface area contributed by atoms with Crippen molar-refractivity contribution in [2.45, 2.75) is 31.5 Å². The van der Waals surface area contributed by atoms with E-state index in [2.05, 4.69) is 5.32 Å². The molecule has 0 fully saturated rings. The van der Waals surface area contributed by atoms with E-state index in [0.717, 1.165) is 18.5 Å². The Kier molecular flexibility index (Phi) is 3.19. The molecule has 1 heterocycles. The van der Waals surface area contributed by atoms with Gasteiger partial charge in [-0.1, -0.05) is 24.3 Å². The van der Waals surface area contributed by atoms with E-state index in [-0.39, 0.29) is 12.5 Å². The molecule has 0 aliphatic carbocycles. The molecule has 1 N–H and O–H groups in total. The first kappa shape index (κ1) is 11.5. The number of benzene rings is 1. The number of nitrogens with one attached hydrogen (secondary N) is 1. The van der Waals surface area contributed by atoms with Crippen molar-refractivity contribution < 1.29 is 13.2 Å². The van der Waals surface area contributed by atoms with Crippen molar-refractivity contribution in [1.82, 2.24) is 5.32 Å². The molecule has 1 aliphatic rings. The highest BCUT2D eigenvalue weighted by molar-refractivity contribution is 5.32. The Bertz CT molecular complexity index is 360. The van der Waals surface area contributed by atoms with Gasteiger partial charge in [-0.05, 0) is 30.5 Å². The van der Waals surface area contributed by atoms with Crippen LogP contribution in [0.3, 0.4) is 0 Å². The number of fused-ring (bicyclic) bond motifs is 1. The van der Waals surface area contributed by atoms with Gasteiger partial charge in [-0.15, -0.1) is 0 Å². The summed E-state index contributed by atoms with van der Waals surface area (Å²) >= 11 is 0. The van der Waals surface area contributed by atoms with Crippen molar-refractivity contribution in [3.63, 3.8) is 0 Å². The van der Waals surface area contributed by atoms with Gasteiger partial charge in [0.05, 0.1) is 0 Å². The first-order valence-electron chi connectivity index (χ1n) is 5.44. The Hall–Kier alpha value is -1.03. The van der Waals surface area contributed by atoms with Crippen LogP contribution >= 0.6 is 0 Å². The van der Waals surface area contributed by atoms with Gasteiger partial charge in [0.2, 0.25) is 0 Å². The lowest BCUT2D eigenvalue weighted by Crippen LogP contribution is -2.30. The smallest absolute Gasteiger partial charge is 0.310 e. The Morgan fingerprint density at radius 1 is 1.25 bits per heavy atom. The Labute approximate surface area is 92.7 Å². The Balaban J connectivity index is 2.07. The van der Waals surface area contributed by atoms with Gasteiger partial charge in [0.25, 0.3) is 0 Å². The van der Waals surface area contributed by atoms with Crippen LogP contribution in [0.1, 0.15) is 30.0 Å². The second kappa shape index (κ2) is 4.45. The van der Waals surface area contributed by atoms with Crippen molar-refractivity contribution in [3.05, 3.63) is 35.4 Å². The lowest BCUT2D eigenvalue weighted by molar-refractivity contribution is -0.136. The van der Waals surface area contributed by atoms with Gasteiger partial charge in [0, 0.05) is 12.5 Å². The summed E-state index contributed by atoms with van der Waals surface area (Å²) in [5, 5.41) is 3.15. The monoisotopic (exact) mass is 229 g/mol. The fourth-order valence-electron chi connectivity index (χ4n) is 2.16. The topological polar surface area (TPSA) is 12.0 Å². The van der Waals surface area contributed by atoms with Crippen LogP contribution in [0.2, 0.25) is 0 Å². The van der Waals surface area contributed by atoms with E-state index in [9.17, 15) is 13.2 Å². The highest BCUT2D eigenvalue weighted by atomic mass is 19.4. The molecule has 1 atom stereocenters. The average Bonchev–Trinajstić information content (AvgIpc) is 2.25. The summed E-state index contributed by atoms with van der Waals surface area (Å²) in [6, 6.07) is 7.59. The third-order valence-electron chi connectivity index (χ3n) is 2.93. The number of hydrogen-bond acceptors (Lipinski definition) is 1. The molecule has 1 unspecified atom stereocenters. The standard InChI is InChI=1S/C12H14F3N/c13-12(14,15)7-5-11-10-4-2-1-3-9(10)6-8-16-11/h1-4,11,16H,5-8H2. The molecule has 1 aromatic rings. The SMILES string of the molecule is FC(F)(F)CCC1NCCc2ccccc21. The summed E-state index contributed by atoms with van der Waals surface area (Å²) in [4.78, 5) is 0. The van der Waals surface area contributed by atoms with Gasteiger partial charge < -0.3 is 5.32 Å². The molecule has 0 radical (unpaired) electrons. The van der Waals surface area contributed by atoms with Crippen molar-refractivity contribution >= 4 is 0 Å². The van der Waals surface area contributed by atoms with Crippen molar-refractivity contribution in [1.29, 1.82) is 0 Å². The number of hydrogen-bond donors (Lipinski definition) is 1. The molecule has 16 heavy (non-hydrogen) atoms. The summed E-state index contributed by atoms with van der Waals surface area (Å²) in [5.41, 5.74) is 2.20. The molecule has 1 nitrogen and oxygen atoms in total. The first-order valence-corrected chi connectivity index (χ1v) is 5.44. The van der Waals surface area contributed by atoms with Crippen LogP contribution in [0.4, 0.5) is 13.2 Å². The number of alkyl halides is 3. The molecule has 4 heteroatoms. The van der Waals surface area contributed by atoms with E-state index < -0.39 is 12.6 Å². The first-order chi connectivity index (χ1) is 7.56. The summed E-state index contributed by atoms with van der Waals surface area (Å²) in [6.07, 6.45) is -3.76. The molecule has 0 amide bonds. The molecule has 2 rings (SSSR count). The molecular formula is C12H14F3N. The molecule has 0 saturated heterocycles. The fraction of sp³-hybridized carbons (Fsp3) is 0.500. The quantitative estimate of drug-likeness (QED) is 0.821. The van der Waals surface area contributed by atoms with E-state index in [1.54, 1.807) is 0 Å². The van der Waals surface area contributed by atoms with Crippen LogP contribution < -0.4 is 5.32 Å². The Morgan fingerprint density at radius 3 is 2.75 bits per heavy atom. The van der Waals surface area contributed by atoms with Crippen molar-refractivity contribution in [3.8, 4) is 0 Å². The molecule has 1 aromatic carbocycles. The normalized spacial score (nSPS) is 20.6. The van der Waals surface area contributed by atoms with Crippen LogP contribution in [-0.2, 0) is 6.42 Å². The fourth-order valence-corrected chi connectivity index (χ4v) is 2.16. The summed E-state index contributed by atoms with van der Waals surface area (Å²) < 4.78 is 36.5. The zero-order chi connectivity index (χ0) is 11.6. The van der Waals surface area contributed by atoms with Gasteiger partial charge in [-0.2, -0.15) is 13.2 Å². The van der Waals surface area contributed by atoms with Crippen LogP contribution in [0.5, 0.6) is 0 Å².